The lowest BCUT2D eigenvalue weighted by molar-refractivity contribution is 0.293. The standard InChI is InChI=1S/C28H40O2S2/c1-3-5-7-9-15-29-27-17-26-22-32-20-24-13-11-23(12-14-24)19-31-21-25(27)18-28(26)30-16-10-8-6-4-2/h11-14,17-18H,3-10,15-16,19-22H2,1-2H3. The summed E-state index contributed by atoms with van der Waals surface area (Å²) in [5, 5.41) is 0. The Labute approximate surface area is 204 Å². The first-order valence-electron chi connectivity index (χ1n) is 12.4. The van der Waals surface area contributed by atoms with E-state index in [9.17, 15) is 0 Å². The van der Waals surface area contributed by atoms with Crippen LogP contribution in [-0.4, -0.2) is 13.2 Å². The molecule has 4 aliphatic rings. The van der Waals surface area contributed by atoms with Crippen LogP contribution >= 0.6 is 23.5 Å². The van der Waals surface area contributed by atoms with Crippen molar-refractivity contribution in [1.29, 1.82) is 0 Å². The Balaban J connectivity index is 1.75. The highest BCUT2D eigenvalue weighted by Gasteiger charge is 2.14. The minimum absolute atomic E-state index is 0.808. The van der Waals surface area contributed by atoms with Crippen molar-refractivity contribution in [3.05, 3.63) is 58.7 Å². The molecule has 4 heteroatoms. The topological polar surface area (TPSA) is 18.5 Å². The molecule has 4 bridgehead atoms. The molecule has 0 spiro atoms. The quantitative estimate of drug-likeness (QED) is 0.287. The van der Waals surface area contributed by atoms with Gasteiger partial charge in [-0.2, -0.15) is 23.5 Å². The smallest absolute Gasteiger partial charge is 0.123 e. The van der Waals surface area contributed by atoms with Gasteiger partial charge in [0, 0.05) is 34.1 Å². The molecule has 2 nitrogen and oxygen atoms in total. The van der Waals surface area contributed by atoms with Crippen LogP contribution in [0.5, 0.6) is 11.5 Å². The van der Waals surface area contributed by atoms with E-state index in [1.54, 1.807) is 0 Å². The number of benzene rings is 2. The minimum Gasteiger partial charge on any atom is -0.493 e. The van der Waals surface area contributed by atoms with Crippen molar-refractivity contribution in [2.24, 2.45) is 0 Å². The van der Waals surface area contributed by atoms with Crippen molar-refractivity contribution >= 4 is 23.5 Å². The van der Waals surface area contributed by atoms with Crippen molar-refractivity contribution in [2.75, 3.05) is 13.2 Å². The lowest BCUT2D eigenvalue weighted by Crippen LogP contribution is -2.05. The Morgan fingerprint density at radius 2 is 1.03 bits per heavy atom. The molecule has 0 amide bonds. The van der Waals surface area contributed by atoms with Crippen LogP contribution in [0.2, 0.25) is 0 Å². The largest absolute Gasteiger partial charge is 0.493 e. The molecular formula is C28H40O2S2. The van der Waals surface area contributed by atoms with Gasteiger partial charge in [0.1, 0.15) is 11.5 Å². The van der Waals surface area contributed by atoms with Crippen LogP contribution < -0.4 is 9.47 Å². The van der Waals surface area contributed by atoms with Gasteiger partial charge in [-0.3, -0.25) is 0 Å². The van der Waals surface area contributed by atoms with Crippen LogP contribution in [0.4, 0.5) is 0 Å². The average Bonchev–Trinajstić information content (AvgIpc) is 2.81. The average molecular weight is 473 g/mol. The SMILES string of the molecule is CCCCCCOc1cc2c(OCCCCCC)cc1CSCc1ccc(cc1)CSC2. The number of hydrogen-bond donors (Lipinski definition) is 0. The van der Waals surface area contributed by atoms with E-state index in [1.807, 2.05) is 23.5 Å². The molecule has 6 rings (SSSR count). The van der Waals surface area contributed by atoms with E-state index < -0.39 is 0 Å². The van der Waals surface area contributed by atoms with Crippen LogP contribution in [0.15, 0.2) is 36.4 Å². The number of thioether (sulfide) groups is 2. The van der Waals surface area contributed by atoms with E-state index in [-0.39, 0.29) is 0 Å². The summed E-state index contributed by atoms with van der Waals surface area (Å²) in [6.45, 7) is 6.12. The lowest BCUT2D eigenvalue weighted by Gasteiger charge is -2.18. The van der Waals surface area contributed by atoms with Crippen LogP contribution in [0.1, 0.15) is 87.5 Å². The lowest BCUT2D eigenvalue weighted by atomic mass is 10.1. The highest BCUT2D eigenvalue weighted by Crippen LogP contribution is 2.36. The maximum atomic E-state index is 6.33. The molecule has 0 atom stereocenters. The fraction of sp³-hybridized carbons (Fsp3) is 0.571. The third-order valence-electron chi connectivity index (χ3n) is 5.83. The van der Waals surface area contributed by atoms with Gasteiger partial charge in [-0.25, -0.2) is 0 Å². The Bertz CT molecular complexity index is 722. The summed E-state index contributed by atoms with van der Waals surface area (Å²) < 4.78 is 12.7. The van der Waals surface area contributed by atoms with E-state index in [1.165, 1.54) is 60.8 Å². The number of rotatable bonds is 12. The second-order valence-corrected chi connectivity index (χ2v) is 10.7. The summed E-state index contributed by atoms with van der Waals surface area (Å²) in [7, 11) is 0. The molecule has 0 saturated heterocycles. The van der Waals surface area contributed by atoms with E-state index in [0.717, 1.165) is 60.6 Å². The monoisotopic (exact) mass is 472 g/mol. The minimum atomic E-state index is 0.808. The maximum Gasteiger partial charge on any atom is 0.123 e. The van der Waals surface area contributed by atoms with E-state index in [2.05, 4.69) is 50.2 Å². The van der Waals surface area contributed by atoms with Crippen LogP contribution in [0.3, 0.4) is 0 Å². The zero-order valence-electron chi connectivity index (χ0n) is 20.0. The van der Waals surface area contributed by atoms with Crippen molar-refractivity contribution in [3.63, 3.8) is 0 Å². The molecule has 2 aromatic rings. The van der Waals surface area contributed by atoms with Gasteiger partial charge >= 0.3 is 0 Å². The second-order valence-electron chi connectivity index (χ2n) is 8.69. The van der Waals surface area contributed by atoms with Gasteiger partial charge in [0.15, 0.2) is 0 Å². The zero-order valence-corrected chi connectivity index (χ0v) is 21.6. The van der Waals surface area contributed by atoms with Crippen molar-refractivity contribution in [3.8, 4) is 11.5 Å². The van der Waals surface area contributed by atoms with Gasteiger partial charge in [-0.1, -0.05) is 76.6 Å². The molecule has 0 aromatic heterocycles. The third kappa shape index (κ3) is 8.59. The molecule has 2 aromatic carbocycles. The maximum absolute atomic E-state index is 6.33. The normalized spacial score (nSPS) is 13.8. The van der Waals surface area contributed by atoms with Gasteiger partial charge < -0.3 is 9.47 Å². The van der Waals surface area contributed by atoms with Gasteiger partial charge in [0.05, 0.1) is 13.2 Å². The van der Waals surface area contributed by atoms with Gasteiger partial charge in [-0.05, 0) is 36.1 Å². The predicted octanol–water partition coefficient (Wildman–Crippen LogP) is 8.79. The highest BCUT2D eigenvalue weighted by atomic mass is 32.2. The molecule has 32 heavy (non-hydrogen) atoms. The molecule has 176 valence electrons. The van der Waals surface area contributed by atoms with Crippen LogP contribution in [-0.2, 0) is 23.0 Å². The number of ether oxygens (including phenoxy) is 2. The number of unbranched alkanes of at least 4 members (excludes halogenated alkanes) is 6. The molecule has 4 aliphatic heterocycles. The third-order valence-corrected chi connectivity index (χ3v) is 7.94. The molecule has 0 radical (unpaired) electrons. The van der Waals surface area contributed by atoms with Gasteiger partial charge in [-0.15, -0.1) is 0 Å². The second kappa shape index (κ2) is 14.8. The van der Waals surface area contributed by atoms with Crippen molar-refractivity contribution in [1.82, 2.24) is 0 Å². The Morgan fingerprint density at radius 1 is 0.594 bits per heavy atom. The van der Waals surface area contributed by atoms with E-state index in [4.69, 9.17) is 9.47 Å². The fourth-order valence-electron chi connectivity index (χ4n) is 3.85. The first-order valence-corrected chi connectivity index (χ1v) is 14.8. The summed E-state index contributed by atoms with van der Waals surface area (Å²) in [4.78, 5) is 0. The molecule has 0 unspecified atom stereocenters. The Kier molecular flexibility index (Phi) is 11.7. The van der Waals surface area contributed by atoms with E-state index >= 15 is 0 Å². The van der Waals surface area contributed by atoms with E-state index in [0.29, 0.717) is 0 Å². The van der Waals surface area contributed by atoms with Crippen molar-refractivity contribution < 1.29 is 9.47 Å². The first-order chi connectivity index (χ1) is 15.8. The fourth-order valence-corrected chi connectivity index (χ4v) is 5.80. The van der Waals surface area contributed by atoms with Gasteiger partial charge in [0.25, 0.3) is 0 Å². The summed E-state index contributed by atoms with van der Waals surface area (Å²) >= 11 is 3.92. The first kappa shape index (κ1) is 25.4. The summed E-state index contributed by atoms with van der Waals surface area (Å²) in [5.74, 6) is 6.08. The Morgan fingerprint density at radius 3 is 1.44 bits per heavy atom. The molecule has 4 heterocycles. The zero-order chi connectivity index (χ0) is 22.4. The molecular weight excluding hydrogens is 432 g/mol. The predicted molar refractivity (Wildman–Crippen MR) is 142 cm³/mol. The molecule has 0 aliphatic carbocycles. The van der Waals surface area contributed by atoms with Crippen LogP contribution in [0.25, 0.3) is 0 Å². The summed E-state index contributed by atoms with van der Waals surface area (Å²) in [5.41, 5.74) is 5.34. The van der Waals surface area contributed by atoms with Crippen molar-refractivity contribution in [2.45, 2.75) is 88.2 Å². The van der Waals surface area contributed by atoms with Crippen LogP contribution in [0, 0.1) is 0 Å². The molecule has 0 saturated carbocycles. The molecule has 0 N–H and O–H groups in total. The van der Waals surface area contributed by atoms with Gasteiger partial charge in [0.2, 0.25) is 0 Å². The number of hydrogen-bond acceptors (Lipinski definition) is 4. The molecule has 0 fully saturated rings. The highest BCUT2D eigenvalue weighted by molar-refractivity contribution is 7.98. The summed E-state index contributed by atoms with van der Waals surface area (Å²) in [6.07, 6.45) is 9.85. The Hall–Kier alpha value is -1.26. The summed E-state index contributed by atoms with van der Waals surface area (Å²) in [6, 6.07) is 13.7.